The van der Waals surface area contributed by atoms with Crippen LogP contribution in [0.2, 0.25) is 5.02 Å². The minimum Gasteiger partial charge on any atom is -0.375 e. The van der Waals surface area contributed by atoms with E-state index in [0.29, 0.717) is 5.02 Å². The molecule has 1 aromatic heterocycles. The second kappa shape index (κ2) is 6.89. The molecule has 2 aromatic rings. The lowest BCUT2D eigenvalue weighted by Gasteiger charge is -2.15. The van der Waals surface area contributed by atoms with E-state index in [9.17, 15) is 8.42 Å². The number of sulfonamides is 1. The third-order valence-corrected chi connectivity index (χ3v) is 5.64. The predicted octanol–water partition coefficient (Wildman–Crippen LogP) is 3.38. The first kappa shape index (κ1) is 16.5. The molecule has 1 heterocycles. The van der Waals surface area contributed by atoms with Crippen molar-refractivity contribution in [2.24, 2.45) is 0 Å². The molecule has 4 nitrogen and oxygen atoms in total. The van der Waals surface area contributed by atoms with Gasteiger partial charge in [0.2, 0.25) is 10.0 Å². The zero-order chi connectivity index (χ0) is 15.5. The summed E-state index contributed by atoms with van der Waals surface area (Å²) in [5.74, 6) is 0. The number of aryl methyl sites for hydroxylation is 1. The van der Waals surface area contributed by atoms with Gasteiger partial charge in [-0.1, -0.05) is 17.7 Å². The molecule has 0 bridgehead atoms. The molecule has 1 aromatic carbocycles. The van der Waals surface area contributed by atoms with E-state index >= 15 is 0 Å². The standard InChI is InChI=1S/C14H16ClNO3S2/c1-10-3-4-12(7-13(10)15)21(17,18)16-8-14(19-2)11-5-6-20-9-11/h3-7,9,14,16H,8H2,1-2H3/t14-/m1/s1. The Kier molecular flexibility index (Phi) is 5.40. The van der Waals surface area contributed by atoms with Crippen molar-refractivity contribution in [3.63, 3.8) is 0 Å². The van der Waals surface area contributed by atoms with Crippen LogP contribution in [-0.4, -0.2) is 22.1 Å². The number of methoxy groups -OCH3 is 1. The quantitative estimate of drug-likeness (QED) is 0.873. The highest BCUT2D eigenvalue weighted by Crippen LogP contribution is 2.22. The highest BCUT2D eigenvalue weighted by molar-refractivity contribution is 7.89. The van der Waals surface area contributed by atoms with Crippen molar-refractivity contribution in [1.82, 2.24) is 4.72 Å². The van der Waals surface area contributed by atoms with Crippen molar-refractivity contribution < 1.29 is 13.2 Å². The van der Waals surface area contributed by atoms with E-state index in [0.717, 1.165) is 11.1 Å². The molecule has 0 aliphatic carbocycles. The first-order valence-electron chi connectivity index (χ1n) is 6.25. The van der Waals surface area contributed by atoms with E-state index in [1.54, 1.807) is 24.5 Å². The molecule has 0 amide bonds. The van der Waals surface area contributed by atoms with Crippen molar-refractivity contribution in [3.8, 4) is 0 Å². The lowest BCUT2D eigenvalue weighted by atomic mass is 10.2. The Bertz CT molecular complexity index is 699. The van der Waals surface area contributed by atoms with Gasteiger partial charge in [-0.3, -0.25) is 0 Å². The van der Waals surface area contributed by atoms with Crippen molar-refractivity contribution in [2.75, 3.05) is 13.7 Å². The predicted molar refractivity (Wildman–Crippen MR) is 85.4 cm³/mol. The molecular formula is C14H16ClNO3S2. The van der Waals surface area contributed by atoms with Crippen LogP contribution in [-0.2, 0) is 14.8 Å². The summed E-state index contributed by atoms with van der Waals surface area (Å²) in [6.45, 7) is 1.99. The molecule has 0 aliphatic rings. The Balaban J connectivity index is 2.12. The average Bonchev–Trinajstić information content (AvgIpc) is 2.96. The largest absolute Gasteiger partial charge is 0.375 e. The van der Waals surface area contributed by atoms with Crippen molar-refractivity contribution in [1.29, 1.82) is 0 Å². The number of hydrogen-bond donors (Lipinski definition) is 1. The van der Waals surface area contributed by atoms with Gasteiger partial charge in [0.1, 0.15) is 0 Å². The topological polar surface area (TPSA) is 55.4 Å². The molecule has 0 radical (unpaired) electrons. The summed E-state index contributed by atoms with van der Waals surface area (Å²) in [4.78, 5) is 0.151. The van der Waals surface area contributed by atoms with E-state index in [-0.39, 0.29) is 17.5 Å². The number of benzene rings is 1. The number of hydrogen-bond acceptors (Lipinski definition) is 4. The molecule has 2 rings (SSSR count). The van der Waals surface area contributed by atoms with Crippen LogP contribution in [0, 0.1) is 6.92 Å². The summed E-state index contributed by atoms with van der Waals surface area (Å²) < 4.78 is 32.4. The van der Waals surface area contributed by atoms with Gasteiger partial charge in [0.05, 0.1) is 11.0 Å². The number of halogens is 1. The van der Waals surface area contributed by atoms with E-state index in [1.807, 2.05) is 23.8 Å². The second-order valence-corrected chi connectivity index (χ2v) is 7.50. The van der Waals surface area contributed by atoms with Crippen LogP contribution in [0.3, 0.4) is 0 Å². The van der Waals surface area contributed by atoms with Gasteiger partial charge >= 0.3 is 0 Å². The Morgan fingerprint density at radius 2 is 2.14 bits per heavy atom. The molecule has 0 unspecified atom stereocenters. The maximum absolute atomic E-state index is 12.3. The summed E-state index contributed by atoms with van der Waals surface area (Å²) in [6, 6.07) is 6.58. The smallest absolute Gasteiger partial charge is 0.240 e. The lowest BCUT2D eigenvalue weighted by molar-refractivity contribution is 0.107. The molecule has 1 atom stereocenters. The number of nitrogens with one attached hydrogen (secondary N) is 1. The first-order chi connectivity index (χ1) is 9.94. The van der Waals surface area contributed by atoms with E-state index < -0.39 is 10.0 Å². The zero-order valence-electron chi connectivity index (χ0n) is 11.7. The SMILES string of the molecule is CO[C@H](CNS(=O)(=O)c1ccc(C)c(Cl)c1)c1ccsc1. The fourth-order valence-electron chi connectivity index (χ4n) is 1.80. The Hall–Kier alpha value is -0.920. The molecule has 7 heteroatoms. The van der Waals surface area contributed by atoms with Crippen molar-refractivity contribution >= 4 is 33.0 Å². The summed E-state index contributed by atoms with van der Waals surface area (Å²) in [7, 11) is -2.05. The highest BCUT2D eigenvalue weighted by atomic mass is 35.5. The summed E-state index contributed by atoms with van der Waals surface area (Å²) in [6.07, 6.45) is -0.313. The van der Waals surface area contributed by atoms with Gasteiger partial charge in [-0.05, 0) is 47.0 Å². The average molecular weight is 346 g/mol. The maximum Gasteiger partial charge on any atom is 0.240 e. The third-order valence-electron chi connectivity index (χ3n) is 3.11. The minimum atomic E-state index is -3.61. The zero-order valence-corrected chi connectivity index (χ0v) is 14.1. The van der Waals surface area contributed by atoms with Crippen LogP contribution in [0.15, 0.2) is 39.9 Å². The van der Waals surface area contributed by atoms with Crippen LogP contribution in [0.5, 0.6) is 0 Å². The molecule has 21 heavy (non-hydrogen) atoms. The molecule has 1 N–H and O–H groups in total. The van der Waals surface area contributed by atoms with E-state index in [4.69, 9.17) is 16.3 Å². The van der Waals surface area contributed by atoms with Gasteiger partial charge in [-0.25, -0.2) is 13.1 Å². The Morgan fingerprint density at radius 1 is 1.38 bits per heavy atom. The fraction of sp³-hybridized carbons (Fsp3) is 0.286. The minimum absolute atomic E-state index is 0.151. The van der Waals surface area contributed by atoms with Gasteiger partial charge in [-0.2, -0.15) is 11.3 Å². The monoisotopic (exact) mass is 345 g/mol. The Labute approximate surface area is 133 Å². The van der Waals surface area contributed by atoms with E-state index in [2.05, 4.69) is 4.72 Å². The fourth-order valence-corrected chi connectivity index (χ4v) is 3.81. The van der Waals surface area contributed by atoms with Crippen LogP contribution < -0.4 is 4.72 Å². The number of thiophene rings is 1. The molecule has 0 spiro atoms. The van der Waals surface area contributed by atoms with Gasteiger partial charge in [0, 0.05) is 18.7 Å². The number of ether oxygens (including phenoxy) is 1. The molecule has 0 saturated heterocycles. The summed E-state index contributed by atoms with van der Waals surface area (Å²) in [5, 5.41) is 4.29. The summed E-state index contributed by atoms with van der Waals surface area (Å²) >= 11 is 7.52. The van der Waals surface area contributed by atoms with Crippen LogP contribution >= 0.6 is 22.9 Å². The van der Waals surface area contributed by atoms with Crippen LogP contribution in [0.1, 0.15) is 17.2 Å². The molecule has 114 valence electrons. The van der Waals surface area contributed by atoms with Gasteiger partial charge in [0.15, 0.2) is 0 Å². The van der Waals surface area contributed by atoms with Crippen LogP contribution in [0.4, 0.5) is 0 Å². The molecular weight excluding hydrogens is 330 g/mol. The third kappa shape index (κ3) is 4.05. The molecule has 0 fully saturated rings. The van der Waals surface area contributed by atoms with Gasteiger partial charge in [-0.15, -0.1) is 0 Å². The van der Waals surface area contributed by atoms with Crippen LogP contribution in [0.25, 0.3) is 0 Å². The van der Waals surface area contributed by atoms with Crippen molar-refractivity contribution in [2.45, 2.75) is 17.9 Å². The lowest BCUT2D eigenvalue weighted by Crippen LogP contribution is -2.29. The summed E-state index contributed by atoms with van der Waals surface area (Å²) in [5.41, 5.74) is 1.79. The van der Waals surface area contributed by atoms with Gasteiger partial charge in [0.25, 0.3) is 0 Å². The maximum atomic E-state index is 12.3. The second-order valence-electron chi connectivity index (χ2n) is 4.54. The van der Waals surface area contributed by atoms with Gasteiger partial charge < -0.3 is 4.74 Å². The normalized spacial score (nSPS) is 13.3. The van der Waals surface area contributed by atoms with Crippen molar-refractivity contribution in [3.05, 3.63) is 51.2 Å². The molecule has 0 saturated carbocycles. The number of rotatable bonds is 6. The Morgan fingerprint density at radius 3 is 2.71 bits per heavy atom. The van der Waals surface area contributed by atoms with E-state index in [1.165, 1.54) is 12.1 Å². The highest BCUT2D eigenvalue weighted by Gasteiger charge is 2.18. The first-order valence-corrected chi connectivity index (χ1v) is 9.05. The molecule has 0 aliphatic heterocycles.